The predicted octanol–water partition coefficient (Wildman–Crippen LogP) is 4.97. The Labute approximate surface area is 145 Å². The van der Waals surface area contributed by atoms with Gasteiger partial charge in [-0.05, 0) is 37.5 Å². The molecule has 2 heterocycles. The molecule has 6 nitrogen and oxygen atoms in total. The molecule has 4 rings (SSSR count). The third-order valence-electron chi connectivity index (χ3n) is 4.60. The highest BCUT2D eigenvalue weighted by Gasteiger charge is 2.66. The number of halogens is 3. The van der Waals surface area contributed by atoms with Gasteiger partial charge in [0.15, 0.2) is 17.2 Å². The maximum Gasteiger partial charge on any atom is 0.401 e. The van der Waals surface area contributed by atoms with Crippen molar-refractivity contribution in [3.05, 3.63) is 41.9 Å². The molecule has 1 saturated carbocycles. The number of fused-ring (bicyclic) bond motifs is 1. The zero-order valence-electron chi connectivity index (χ0n) is 13.6. The van der Waals surface area contributed by atoms with E-state index >= 15 is 0 Å². The molecule has 136 valence electrons. The van der Waals surface area contributed by atoms with Gasteiger partial charge < -0.3 is 14.3 Å². The molecule has 0 saturated heterocycles. The fourth-order valence-corrected chi connectivity index (χ4v) is 2.92. The molecule has 2 N–H and O–H groups in total. The topological polar surface area (TPSA) is 80.3 Å². The Morgan fingerprint density at radius 3 is 2.69 bits per heavy atom. The Hall–Kier alpha value is -2.97. The van der Waals surface area contributed by atoms with Crippen LogP contribution in [-0.4, -0.2) is 17.4 Å². The summed E-state index contributed by atoms with van der Waals surface area (Å²) in [6.07, 6.45) is -2.98. The molecule has 1 aliphatic carbocycles. The van der Waals surface area contributed by atoms with Crippen molar-refractivity contribution < 1.29 is 26.9 Å². The summed E-state index contributed by atoms with van der Waals surface area (Å²) < 4.78 is 49.5. The van der Waals surface area contributed by atoms with Gasteiger partial charge in [-0.3, -0.25) is 5.32 Å². The summed E-state index contributed by atoms with van der Waals surface area (Å²) in [6.45, 7) is 1.91. The number of aromatic nitrogens is 1. The van der Waals surface area contributed by atoms with Gasteiger partial charge in [-0.1, -0.05) is 11.2 Å². The summed E-state index contributed by atoms with van der Waals surface area (Å²) in [7, 11) is 0. The summed E-state index contributed by atoms with van der Waals surface area (Å²) in [5.41, 5.74) is -0.0447. The van der Waals surface area contributed by atoms with Crippen molar-refractivity contribution in [2.75, 3.05) is 10.6 Å². The predicted molar refractivity (Wildman–Crippen MR) is 87.1 cm³/mol. The number of hydrogen-bond acceptors (Lipinski definition) is 4. The number of rotatable bonds is 3. The average molecular weight is 365 g/mol. The second kappa shape index (κ2) is 5.52. The zero-order chi connectivity index (χ0) is 18.5. The van der Waals surface area contributed by atoms with Crippen LogP contribution in [0.5, 0.6) is 0 Å². The minimum absolute atomic E-state index is 0.0445. The molecule has 1 aliphatic rings. The van der Waals surface area contributed by atoms with Gasteiger partial charge in [-0.25, -0.2) is 4.79 Å². The highest BCUT2D eigenvalue weighted by atomic mass is 19.4. The number of carbonyl (C=O) groups excluding carboxylic acids is 1. The highest BCUT2D eigenvalue weighted by Crippen LogP contribution is 2.59. The molecule has 0 unspecified atom stereocenters. The number of furan rings is 1. The largest absolute Gasteiger partial charge is 0.462 e. The molecular weight excluding hydrogens is 351 g/mol. The Morgan fingerprint density at radius 2 is 2.00 bits per heavy atom. The van der Waals surface area contributed by atoms with Crippen LogP contribution in [0.3, 0.4) is 0 Å². The number of aryl methyl sites for hydroxylation is 1. The van der Waals surface area contributed by atoms with E-state index in [1.54, 1.807) is 12.1 Å². The van der Waals surface area contributed by atoms with E-state index in [-0.39, 0.29) is 24.4 Å². The fourth-order valence-electron chi connectivity index (χ4n) is 2.92. The zero-order valence-corrected chi connectivity index (χ0v) is 13.6. The molecule has 0 spiro atoms. The lowest BCUT2D eigenvalue weighted by atomic mass is 10.0. The molecule has 0 radical (unpaired) electrons. The van der Waals surface area contributed by atoms with Crippen molar-refractivity contribution in [2.45, 2.75) is 31.4 Å². The lowest BCUT2D eigenvalue weighted by Gasteiger charge is -2.14. The van der Waals surface area contributed by atoms with Gasteiger partial charge >= 0.3 is 12.2 Å². The van der Waals surface area contributed by atoms with E-state index in [1.165, 1.54) is 6.26 Å². The summed E-state index contributed by atoms with van der Waals surface area (Å²) in [6, 6.07) is 5.73. The summed E-state index contributed by atoms with van der Waals surface area (Å²) in [5, 5.41) is 9.33. The van der Waals surface area contributed by atoms with Crippen molar-refractivity contribution in [1.82, 2.24) is 5.16 Å². The smallest absolute Gasteiger partial charge is 0.401 e. The van der Waals surface area contributed by atoms with Crippen LogP contribution in [0.2, 0.25) is 0 Å². The maximum atomic E-state index is 13.1. The van der Waals surface area contributed by atoms with Gasteiger partial charge in [0.2, 0.25) is 0 Å². The van der Waals surface area contributed by atoms with E-state index < -0.39 is 17.6 Å². The third kappa shape index (κ3) is 2.59. The molecule has 2 aromatic heterocycles. The van der Waals surface area contributed by atoms with E-state index in [2.05, 4.69) is 15.8 Å². The number of carbonyl (C=O) groups is 1. The Kier molecular flexibility index (Phi) is 3.50. The molecule has 0 atom stereocenters. The van der Waals surface area contributed by atoms with Gasteiger partial charge in [-0.2, -0.15) is 13.2 Å². The number of anilines is 2. The van der Waals surface area contributed by atoms with Crippen molar-refractivity contribution in [2.24, 2.45) is 0 Å². The van der Waals surface area contributed by atoms with Crippen molar-refractivity contribution >= 4 is 28.5 Å². The van der Waals surface area contributed by atoms with E-state index in [0.717, 1.165) is 17.0 Å². The molecule has 1 fully saturated rings. The van der Waals surface area contributed by atoms with Gasteiger partial charge in [0.1, 0.15) is 5.41 Å². The van der Waals surface area contributed by atoms with Gasteiger partial charge in [0.25, 0.3) is 0 Å². The van der Waals surface area contributed by atoms with Gasteiger partial charge in [0.05, 0.1) is 12.0 Å². The first-order valence-electron chi connectivity index (χ1n) is 7.89. The van der Waals surface area contributed by atoms with Crippen LogP contribution in [0.25, 0.3) is 11.0 Å². The van der Waals surface area contributed by atoms with Crippen LogP contribution < -0.4 is 10.6 Å². The highest BCUT2D eigenvalue weighted by molar-refractivity contribution is 6.04. The lowest BCUT2D eigenvalue weighted by Crippen LogP contribution is -2.28. The second-order valence-electron chi connectivity index (χ2n) is 6.33. The fraction of sp³-hybridized carbons (Fsp3) is 0.294. The van der Waals surface area contributed by atoms with Crippen molar-refractivity contribution in [3.8, 4) is 0 Å². The third-order valence-corrected chi connectivity index (χ3v) is 4.60. The Bertz CT molecular complexity index is 986. The quantitative estimate of drug-likeness (QED) is 0.687. The SMILES string of the molecule is Cc1ccc(NC(=O)Nc2cc(C3(C(F)(F)F)CC3)on2)c2occc12. The molecule has 9 heteroatoms. The second-order valence-corrected chi connectivity index (χ2v) is 6.33. The number of nitrogens with one attached hydrogen (secondary N) is 2. The van der Waals surface area contributed by atoms with E-state index in [1.807, 2.05) is 13.0 Å². The first-order chi connectivity index (χ1) is 12.3. The molecule has 0 bridgehead atoms. The maximum absolute atomic E-state index is 13.1. The number of nitrogens with zero attached hydrogens (tertiary/aromatic N) is 1. The van der Waals surface area contributed by atoms with E-state index in [4.69, 9.17) is 8.94 Å². The molecule has 0 aliphatic heterocycles. The number of hydrogen-bond donors (Lipinski definition) is 2. The Balaban J connectivity index is 1.49. The molecule has 1 aromatic carbocycles. The van der Waals surface area contributed by atoms with Crippen LogP contribution in [0.15, 0.2) is 39.5 Å². The minimum Gasteiger partial charge on any atom is -0.462 e. The molecule has 26 heavy (non-hydrogen) atoms. The summed E-state index contributed by atoms with van der Waals surface area (Å²) >= 11 is 0. The average Bonchev–Trinajstić information content (AvgIpc) is 3.02. The van der Waals surface area contributed by atoms with E-state index in [9.17, 15) is 18.0 Å². The summed E-state index contributed by atoms with van der Waals surface area (Å²) in [5.74, 6) is -0.375. The minimum atomic E-state index is -4.40. The normalized spacial score (nSPS) is 15.8. The van der Waals surface area contributed by atoms with Crippen molar-refractivity contribution in [1.29, 1.82) is 0 Å². The van der Waals surface area contributed by atoms with Crippen molar-refractivity contribution in [3.63, 3.8) is 0 Å². The number of urea groups is 1. The van der Waals surface area contributed by atoms with Crippen LogP contribution >= 0.6 is 0 Å². The number of benzene rings is 1. The van der Waals surface area contributed by atoms with Crippen LogP contribution in [0, 0.1) is 6.92 Å². The monoisotopic (exact) mass is 365 g/mol. The van der Waals surface area contributed by atoms with Crippen LogP contribution in [0.1, 0.15) is 24.2 Å². The molecule has 3 aromatic rings. The number of amides is 2. The standard InChI is InChI=1S/C17H14F3N3O3/c1-9-2-3-11(14-10(9)4-7-25-14)21-15(24)22-13-8-12(26-23-13)16(5-6-16)17(18,19)20/h2-4,7-8H,5-6H2,1H3,(H2,21,22,23,24). The number of alkyl halides is 3. The first-order valence-corrected chi connectivity index (χ1v) is 7.89. The first kappa shape index (κ1) is 16.5. The van der Waals surface area contributed by atoms with Crippen LogP contribution in [-0.2, 0) is 5.41 Å². The van der Waals surface area contributed by atoms with Gasteiger partial charge in [0, 0.05) is 11.5 Å². The van der Waals surface area contributed by atoms with Crippen LogP contribution in [0.4, 0.5) is 29.5 Å². The summed E-state index contributed by atoms with van der Waals surface area (Å²) in [4.78, 5) is 12.1. The lowest BCUT2D eigenvalue weighted by molar-refractivity contribution is -0.165. The van der Waals surface area contributed by atoms with E-state index in [0.29, 0.717) is 11.3 Å². The molecule has 2 amide bonds. The Morgan fingerprint density at radius 1 is 1.23 bits per heavy atom. The van der Waals surface area contributed by atoms with Gasteiger partial charge in [-0.15, -0.1) is 0 Å². The molecular formula is C17H14F3N3O3.